The Morgan fingerprint density at radius 1 is 1.03 bits per heavy atom. The standard InChI is InChI=1S/C24H28FN3O2S/c1-17-9-10-28(22-5-3-4-6-23(22)31-17)24(30)16-26-11-13-27(14-12-26)21-8-7-19(18(2)29)15-20(21)25/h3-8,15,17H,9-14,16H2,1-2H3. The summed E-state index contributed by atoms with van der Waals surface area (Å²) < 4.78 is 14.5. The number of nitrogens with zero attached hydrogens (tertiary/aromatic N) is 3. The van der Waals surface area contributed by atoms with Gasteiger partial charge in [0, 0.05) is 48.4 Å². The molecular weight excluding hydrogens is 413 g/mol. The van der Waals surface area contributed by atoms with Gasteiger partial charge in [-0.2, -0.15) is 0 Å². The smallest absolute Gasteiger partial charge is 0.241 e. The van der Waals surface area contributed by atoms with Crippen LogP contribution in [0.25, 0.3) is 0 Å². The molecule has 1 fully saturated rings. The average Bonchev–Trinajstić information content (AvgIpc) is 2.92. The van der Waals surface area contributed by atoms with Crippen LogP contribution in [-0.2, 0) is 4.79 Å². The Kier molecular flexibility index (Phi) is 6.62. The zero-order chi connectivity index (χ0) is 22.0. The maximum absolute atomic E-state index is 14.5. The van der Waals surface area contributed by atoms with Crippen molar-refractivity contribution in [1.29, 1.82) is 0 Å². The summed E-state index contributed by atoms with van der Waals surface area (Å²) >= 11 is 1.83. The number of thioether (sulfide) groups is 1. The van der Waals surface area contributed by atoms with Gasteiger partial charge in [-0.25, -0.2) is 4.39 Å². The van der Waals surface area contributed by atoms with Gasteiger partial charge in [-0.1, -0.05) is 19.1 Å². The summed E-state index contributed by atoms with van der Waals surface area (Å²) in [5.74, 6) is -0.394. The van der Waals surface area contributed by atoms with E-state index in [-0.39, 0.29) is 17.5 Å². The van der Waals surface area contributed by atoms with Crippen molar-refractivity contribution in [2.24, 2.45) is 0 Å². The van der Waals surface area contributed by atoms with Crippen LogP contribution in [0.5, 0.6) is 0 Å². The summed E-state index contributed by atoms with van der Waals surface area (Å²) in [5, 5.41) is 0.479. The van der Waals surface area contributed by atoms with Crippen molar-refractivity contribution in [1.82, 2.24) is 4.90 Å². The zero-order valence-electron chi connectivity index (χ0n) is 18.0. The highest BCUT2D eigenvalue weighted by atomic mass is 32.2. The molecule has 2 aliphatic rings. The van der Waals surface area contributed by atoms with Crippen LogP contribution in [-0.4, -0.2) is 61.1 Å². The minimum absolute atomic E-state index is 0.118. The fourth-order valence-corrected chi connectivity index (χ4v) is 5.26. The number of carbonyl (C=O) groups excluding carboxylic acids is 2. The van der Waals surface area contributed by atoms with E-state index in [1.54, 1.807) is 12.1 Å². The van der Waals surface area contributed by atoms with E-state index in [9.17, 15) is 14.0 Å². The van der Waals surface area contributed by atoms with Crippen LogP contribution in [0.3, 0.4) is 0 Å². The van der Waals surface area contributed by atoms with Gasteiger partial charge in [0.2, 0.25) is 5.91 Å². The Balaban J connectivity index is 1.38. The summed E-state index contributed by atoms with van der Waals surface area (Å²) in [4.78, 5) is 31.8. The second-order valence-corrected chi connectivity index (χ2v) is 9.70. The van der Waals surface area contributed by atoms with Gasteiger partial charge in [0.05, 0.1) is 17.9 Å². The highest BCUT2D eigenvalue weighted by Crippen LogP contribution is 2.37. The summed E-state index contributed by atoms with van der Waals surface area (Å²) in [6.07, 6.45) is 0.967. The van der Waals surface area contributed by atoms with Gasteiger partial charge in [-0.05, 0) is 43.7 Å². The van der Waals surface area contributed by atoms with Crippen LogP contribution in [0, 0.1) is 5.82 Å². The Morgan fingerprint density at radius 2 is 1.77 bits per heavy atom. The van der Waals surface area contributed by atoms with E-state index >= 15 is 0 Å². The number of hydrogen-bond donors (Lipinski definition) is 0. The first-order valence-electron chi connectivity index (χ1n) is 10.8. The molecule has 0 aromatic heterocycles. The van der Waals surface area contributed by atoms with Crippen LogP contribution < -0.4 is 9.80 Å². The molecule has 5 nitrogen and oxygen atoms in total. The molecule has 2 aliphatic heterocycles. The maximum atomic E-state index is 14.5. The second-order valence-electron chi connectivity index (χ2n) is 8.22. The molecule has 1 saturated heterocycles. The van der Waals surface area contributed by atoms with Crippen LogP contribution in [0.15, 0.2) is 47.4 Å². The number of benzene rings is 2. The number of para-hydroxylation sites is 1. The molecule has 2 heterocycles. The third-order valence-electron chi connectivity index (χ3n) is 5.97. The monoisotopic (exact) mass is 441 g/mol. The molecule has 7 heteroatoms. The lowest BCUT2D eigenvalue weighted by Gasteiger charge is -2.36. The van der Waals surface area contributed by atoms with Crippen LogP contribution in [0.4, 0.5) is 15.8 Å². The average molecular weight is 442 g/mol. The molecule has 1 unspecified atom stereocenters. The van der Waals surface area contributed by atoms with Crippen LogP contribution in [0.2, 0.25) is 0 Å². The number of ketones is 1. The third kappa shape index (κ3) is 4.93. The predicted molar refractivity (Wildman–Crippen MR) is 124 cm³/mol. The molecule has 0 N–H and O–H groups in total. The van der Waals surface area contributed by atoms with Gasteiger partial charge < -0.3 is 9.80 Å². The van der Waals surface area contributed by atoms with E-state index < -0.39 is 0 Å². The number of piperazine rings is 1. The van der Waals surface area contributed by atoms with Crippen LogP contribution >= 0.6 is 11.8 Å². The zero-order valence-corrected chi connectivity index (χ0v) is 18.8. The van der Waals surface area contributed by atoms with Crippen molar-refractivity contribution in [2.45, 2.75) is 30.4 Å². The lowest BCUT2D eigenvalue weighted by Crippen LogP contribution is -2.50. The molecule has 164 valence electrons. The number of amides is 1. The Labute approximate surface area is 187 Å². The van der Waals surface area contributed by atoms with E-state index in [0.717, 1.165) is 23.5 Å². The quantitative estimate of drug-likeness (QED) is 0.670. The van der Waals surface area contributed by atoms with Crippen molar-refractivity contribution in [3.8, 4) is 0 Å². The first kappa shape index (κ1) is 21.8. The molecule has 1 amide bonds. The van der Waals surface area contributed by atoms with Crippen molar-refractivity contribution in [2.75, 3.05) is 49.1 Å². The summed E-state index contributed by atoms with van der Waals surface area (Å²) in [6.45, 7) is 7.43. The molecule has 0 radical (unpaired) electrons. The molecule has 2 aromatic carbocycles. The van der Waals surface area contributed by atoms with Gasteiger partial charge in [0.25, 0.3) is 0 Å². The molecule has 0 bridgehead atoms. The number of rotatable bonds is 4. The largest absolute Gasteiger partial charge is 0.367 e. The number of halogens is 1. The van der Waals surface area contributed by atoms with Crippen molar-refractivity contribution < 1.29 is 14.0 Å². The van der Waals surface area contributed by atoms with Gasteiger partial charge in [0.15, 0.2) is 5.78 Å². The van der Waals surface area contributed by atoms with Crippen LogP contribution in [0.1, 0.15) is 30.6 Å². The minimum atomic E-state index is -0.370. The van der Waals surface area contributed by atoms with Gasteiger partial charge in [0.1, 0.15) is 5.82 Å². The molecule has 31 heavy (non-hydrogen) atoms. The van der Waals surface area contributed by atoms with Gasteiger partial charge >= 0.3 is 0 Å². The Morgan fingerprint density at radius 3 is 2.48 bits per heavy atom. The van der Waals surface area contributed by atoms with E-state index in [0.29, 0.717) is 49.2 Å². The molecule has 1 atom stereocenters. The summed E-state index contributed by atoms with van der Waals surface area (Å²) in [6, 6.07) is 12.8. The number of carbonyl (C=O) groups is 2. The predicted octanol–water partition coefficient (Wildman–Crippen LogP) is 4.07. The number of hydrogen-bond acceptors (Lipinski definition) is 5. The van der Waals surface area contributed by atoms with Crippen molar-refractivity contribution in [3.05, 3.63) is 53.8 Å². The number of anilines is 2. The highest BCUT2D eigenvalue weighted by Gasteiger charge is 2.27. The molecule has 2 aromatic rings. The van der Waals surface area contributed by atoms with Crippen molar-refractivity contribution in [3.63, 3.8) is 0 Å². The maximum Gasteiger partial charge on any atom is 0.241 e. The second kappa shape index (κ2) is 9.40. The SMILES string of the molecule is CC(=O)c1ccc(N2CCN(CC(=O)N3CCC(C)Sc4ccccc43)CC2)c(F)c1. The lowest BCUT2D eigenvalue weighted by atomic mass is 10.1. The molecule has 0 aliphatic carbocycles. The molecule has 0 spiro atoms. The number of fused-ring (bicyclic) bond motifs is 1. The summed E-state index contributed by atoms with van der Waals surface area (Å²) in [7, 11) is 0. The Bertz CT molecular complexity index is 975. The van der Waals surface area contributed by atoms with Gasteiger partial charge in [-0.3, -0.25) is 14.5 Å². The lowest BCUT2D eigenvalue weighted by molar-refractivity contribution is -0.119. The molecule has 4 rings (SSSR count). The highest BCUT2D eigenvalue weighted by molar-refractivity contribution is 8.00. The van der Waals surface area contributed by atoms with Crippen molar-refractivity contribution >= 4 is 34.8 Å². The van der Waals surface area contributed by atoms with E-state index in [1.165, 1.54) is 13.0 Å². The normalized spacial score (nSPS) is 19.6. The molecule has 0 saturated carbocycles. The topological polar surface area (TPSA) is 43.9 Å². The first-order valence-corrected chi connectivity index (χ1v) is 11.6. The summed E-state index contributed by atoms with van der Waals surface area (Å²) in [5.41, 5.74) is 1.91. The van der Waals surface area contributed by atoms with Gasteiger partial charge in [-0.15, -0.1) is 11.8 Å². The number of Topliss-reactive ketones (excluding diaryl/α,β-unsaturated/α-hetero) is 1. The Hall–Kier alpha value is -2.38. The fourth-order valence-electron chi connectivity index (χ4n) is 4.15. The van der Waals surface area contributed by atoms with E-state index in [2.05, 4.69) is 17.9 Å². The third-order valence-corrected chi connectivity index (χ3v) is 7.21. The minimum Gasteiger partial charge on any atom is -0.367 e. The fraction of sp³-hybridized carbons (Fsp3) is 0.417. The van der Waals surface area contributed by atoms with E-state index in [4.69, 9.17) is 0 Å². The molecular formula is C24H28FN3O2S. The first-order chi connectivity index (χ1) is 14.9. The van der Waals surface area contributed by atoms with E-state index in [1.807, 2.05) is 39.8 Å².